The van der Waals surface area contributed by atoms with Gasteiger partial charge in [-0.1, -0.05) is 30.2 Å². The van der Waals surface area contributed by atoms with E-state index in [0.29, 0.717) is 11.8 Å². The monoisotopic (exact) mass is 336 g/mol. The van der Waals surface area contributed by atoms with Gasteiger partial charge in [0.05, 0.1) is 6.04 Å². The second-order valence-corrected chi connectivity index (χ2v) is 7.22. The van der Waals surface area contributed by atoms with Crippen LogP contribution in [0.2, 0.25) is 5.02 Å². The summed E-state index contributed by atoms with van der Waals surface area (Å²) in [5.74, 6) is 0.868. The van der Waals surface area contributed by atoms with E-state index in [1.165, 1.54) is 19.3 Å². The second-order valence-electron chi connectivity index (χ2n) is 6.78. The molecule has 2 fully saturated rings. The molecule has 1 saturated heterocycles. The number of carbonyl (C=O) groups excluding carboxylic acids is 1. The molecule has 23 heavy (non-hydrogen) atoms. The maximum absolute atomic E-state index is 12.6. The van der Waals surface area contributed by atoms with E-state index in [0.717, 1.165) is 36.5 Å². The predicted molar refractivity (Wildman–Crippen MR) is 91.4 cm³/mol. The first-order valence-corrected chi connectivity index (χ1v) is 8.97. The fourth-order valence-electron chi connectivity index (χ4n) is 3.46. The van der Waals surface area contributed by atoms with Gasteiger partial charge in [0.2, 0.25) is 0 Å². The van der Waals surface area contributed by atoms with Gasteiger partial charge >= 0.3 is 6.03 Å². The molecule has 3 rings (SSSR count). The molecule has 1 aromatic carbocycles. The number of aliphatic hydroxyl groups is 1. The minimum atomic E-state index is 0.0215. The molecule has 1 atom stereocenters. The Bertz CT molecular complexity index is 522. The Kier molecular flexibility index (Phi) is 5.44. The molecule has 1 saturated carbocycles. The van der Waals surface area contributed by atoms with Crippen LogP contribution in [0.4, 0.5) is 4.79 Å². The number of nitrogens with one attached hydrogen (secondary N) is 1. The zero-order chi connectivity index (χ0) is 16.2. The van der Waals surface area contributed by atoms with Crippen molar-refractivity contribution in [2.45, 2.75) is 38.1 Å². The number of hydrogen-bond donors (Lipinski definition) is 2. The molecule has 1 aliphatic carbocycles. The smallest absolute Gasteiger partial charge is 0.317 e. The van der Waals surface area contributed by atoms with Gasteiger partial charge in [-0.3, -0.25) is 0 Å². The van der Waals surface area contributed by atoms with Crippen molar-refractivity contribution in [2.75, 3.05) is 19.7 Å². The fraction of sp³-hybridized carbons (Fsp3) is 0.611. The van der Waals surface area contributed by atoms with E-state index in [4.69, 9.17) is 11.6 Å². The van der Waals surface area contributed by atoms with E-state index in [2.05, 4.69) is 5.32 Å². The number of hydrogen-bond acceptors (Lipinski definition) is 2. The Morgan fingerprint density at radius 2 is 1.87 bits per heavy atom. The highest BCUT2D eigenvalue weighted by Gasteiger charge is 2.31. The third kappa shape index (κ3) is 3.99. The summed E-state index contributed by atoms with van der Waals surface area (Å²) in [4.78, 5) is 14.5. The van der Waals surface area contributed by atoms with Crippen LogP contribution in [0.15, 0.2) is 24.3 Å². The second kappa shape index (κ2) is 7.54. The van der Waals surface area contributed by atoms with E-state index in [1.54, 1.807) is 0 Å². The first-order valence-electron chi connectivity index (χ1n) is 8.59. The van der Waals surface area contributed by atoms with Crippen LogP contribution in [-0.2, 0) is 0 Å². The summed E-state index contributed by atoms with van der Waals surface area (Å²) >= 11 is 5.98. The normalized spacial score (nSPS) is 20.9. The SMILES string of the molecule is O=C(N[C@@H](c1ccc(Cl)cc1)C1CCC1)N1CCC(CO)CC1. The van der Waals surface area contributed by atoms with E-state index in [-0.39, 0.29) is 18.7 Å². The number of urea groups is 1. The number of amides is 2. The lowest BCUT2D eigenvalue weighted by atomic mass is 9.77. The number of piperidine rings is 1. The number of nitrogens with zero attached hydrogens (tertiary/aromatic N) is 1. The number of likely N-dealkylation sites (tertiary alicyclic amines) is 1. The Hall–Kier alpha value is -1.26. The molecular weight excluding hydrogens is 312 g/mol. The summed E-state index contributed by atoms with van der Waals surface area (Å²) in [7, 11) is 0. The van der Waals surface area contributed by atoms with Gasteiger partial charge < -0.3 is 15.3 Å². The van der Waals surface area contributed by atoms with Gasteiger partial charge in [0.15, 0.2) is 0 Å². The number of carbonyl (C=O) groups is 1. The van der Waals surface area contributed by atoms with Crippen LogP contribution in [0.5, 0.6) is 0 Å². The maximum atomic E-state index is 12.6. The third-order valence-electron chi connectivity index (χ3n) is 5.29. The summed E-state index contributed by atoms with van der Waals surface area (Å²) in [5.41, 5.74) is 1.14. The topological polar surface area (TPSA) is 52.6 Å². The molecule has 0 bridgehead atoms. The summed E-state index contributed by atoms with van der Waals surface area (Å²) in [6.45, 7) is 1.69. The van der Waals surface area contributed by atoms with Gasteiger partial charge in [-0.25, -0.2) is 4.79 Å². The van der Waals surface area contributed by atoms with Gasteiger partial charge in [0.1, 0.15) is 0 Å². The number of rotatable bonds is 4. The molecule has 0 radical (unpaired) electrons. The molecule has 5 heteroatoms. The predicted octanol–water partition coefficient (Wildman–Crippen LogP) is 3.60. The van der Waals surface area contributed by atoms with Crippen LogP contribution < -0.4 is 5.32 Å². The van der Waals surface area contributed by atoms with Gasteiger partial charge in [0, 0.05) is 24.7 Å². The lowest BCUT2D eigenvalue weighted by molar-refractivity contribution is 0.130. The average Bonchev–Trinajstić information content (AvgIpc) is 2.53. The molecule has 126 valence electrons. The third-order valence-corrected chi connectivity index (χ3v) is 5.54. The van der Waals surface area contributed by atoms with Crippen molar-refractivity contribution in [1.82, 2.24) is 10.2 Å². The van der Waals surface area contributed by atoms with E-state index < -0.39 is 0 Å². The van der Waals surface area contributed by atoms with Crippen LogP contribution in [0.3, 0.4) is 0 Å². The number of benzene rings is 1. The van der Waals surface area contributed by atoms with Crippen molar-refractivity contribution < 1.29 is 9.90 Å². The van der Waals surface area contributed by atoms with Crippen LogP contribution in [0.25, 0.3) is 0 Å². The van der Waals surface area contributed by atoms with Crippen molar-refractivity contribution in [3.8, 4) is 0 Å². The van der Waals surface area contributed by atoms with Gasteiger partial charge in [-0.15, -0.1) is 0 Å². The highest BCUT2D eigenvalue weighted by molar-refractivity contribution is 6.30. The first-order chi connectivity index (χ1) is 11.2. The molecule has 2 amide bonds. The standard InChI is InChI=1S/C18H25ClN2O2/c19-16-6-4-15(5-7-16)17(14-2-1-3-14)20-18(23)21-10-8-13(12-22)9-11-21/h4-7,13-14,17,22H,1-3,8-12H2,(H,20,23)/t17-/m1/s1. The van der Waals surface area contributed by atoms with Crippen molar-refractivity contribution >= 4 is 17.6 Å². The molecule has 0 unspecified atom stereocenters. The summed E-state index contributed by atoms with van der Waals surface area (Å²) < 4.78 is 0. The van der Waals surface area contributed by atoms with E-state index in [9.17, 15) is 9.90 Å². The molecular formula is C18H25ClN2O2. The van der Waals surface area contributed by atoms with Crippen molar-refractivity contribution in [3.05, 3.63) is 34.9 Å². The zero-order valence-corrected chi connectivity index (χ0v) is 14.1. The van der Waals surface area contributed by atoms with E-state index >= 15 is 0 Å². The van der Waals surface area contributed by atoms with E-state index in [1.807, 2.05) is 29.2 Å². The summed E-state index contributed by atoms with van der Waals surface area (Å²) in [6.07, 6.45) is 5.35. The molecule has 1 aliphatic heterocycles. The fourth-order valence-corrected chi connectivity index (χ4v) is 3.59. The molecule has 0 aromatic heterocycles. The number of aliphatic hydroxyl groups excluding tert-OH is 1. The zero-order valence-electron chi connectivity index (χ0n) is 13.4. The molecule has 4 nitrogen and oxygen atoms in total. The number of halogens is 1. The Morgan fingerprint density at radius 3 is 2.39 bits per heavy atom. The summed E-state index contributed by atoms with van der Waals surface area (Å²) in [5, 5.41) is 13.2. The lowest BCUT2D eigenvalue weighted by Crippen LogP contribution is -2.47. The van der Waals surface area contributed by atoms with Gasteiger partial charge in [0.25, 0.3) is 0 Å². The van der Waals surface area contributed by atoms with Crippen molar-refractivity contribution in [1.29, 1.82) is 0 Å². The van der Waals surface area contributed by atoms with Crippen molar-refractivity contribution in [2.24, 2.45) is 11.8 Å². The quantitative estimate of drug-likeness (QED) is 0.882. The molecule has 1 aromatic rings. The Labute approximate surface area is 142 Å². The molecule has 2 N–H and O–H groups in total. The maximum Gasteiger partial charge on any atom is 0.317 e. The van der Waals surface area contributed by atoms with Gasteiger partial charge in [-0.2, -0.15) is 0 Å². The average molecular weight is 337 g/mol. The molecule has 0 spiro atoms. The lowest BCUT2D eigenvalue weighted by Gasteiger charge is -2.37. The molecule has 1 heterocycles. The van der Waals surface area contributed by atoms with Crippen LogP contribution in [0.1, 0.15) is 43.7 Å². The highest BCUT2D eigenvalue weighted by atomic mass is 35.5. The van der Waals surface area contributed by atoms with Crippen LogP contribution in [-0.4, -0.2) is 35.7 Å². The van der Waals surface area contributed by atoms with Crippen LogP contribution >= 0.6 is 11.6 Å². The largest absolute Gasteiger partial charge is 0.396 e. The Balaban J connectivity index is 1.64. The minimum Gasteiger partial charge on any atom is -0.396 e. The van der Waals surface area contributed by atoms with Gasteiger partial charge in [-0.05, 0) is 55.2 Å². The first kappa shape index (κ1) is 16.6. The summed E-state index contributed by atoms with van der Waals surface area (Å²) in [6, 6.07) is 7.91. The molecule has 2 aliphatic rings. The minimum absolute atomic E-state index is 0.0215. The van der Waals surface area contributed by atoms with Crippen molar-refractivity contribution in [3.63, 3.8) is 0 Å². The van der Waals surface area contributed by atoms with Crippen LogP contribution in [0, 0.1) is 11.8 Å². The Morgan fingerprint density at radius 1 is 1.22 bits per heavy atom. The highest BCUT2D eigenvalue weighted by Crippen LogP contribution is 2.38.